The summed E-state index contributed by atoms with van der Waals surface area (Å²) < 4.78 is 0. The Kier molecular flexibility index (Phi) is 5.22. The number of piperazine rings is 1. The molecule has 0 atom stereocenters. The molecular weight excluding hydrogens is 354 g/mol. The lowest BCUT2D eigenvalue weighted by Gasteiger charge is -2.34. The van der Waals surface area contributed by atoms with E-state index >= 15 is 0 Å². The van der Waals surface area contributed by atoms with Crippen molar-refractivity contribution in [2.45, 2.75) is 6.92 Å². The average Bonchev–Trinajstić information content (AvgIpc) is 3.12. The molecule has 1 saturated heterocycles. The van der Waals surface area contributed by atoms with Gasteiger partial charge in [0.05, 0.1) is 4.88 Å². The summed E-state index contributed by atoms with van der Waals surface area (Å²) in [6.45, 7) is 3.66. The molecule has 2 heterocycles. The molecule has 0 radical (unpaired) electrons. The van der Waals surface area contributed by atoms with E-state index < -0.39 is 5.97 Å². The number of amides is 3. The minimum Gasteiger partial charge on any atom is -0.477 e. The van der Waals surface area contributed by atoms with Crippen LogP contribution in [0, 0.1) is 6.92 Å². The van der Waals surface area contributed by atoms with E-state index in [2.05, 4.69) is 5.32 Å². The number of aromatic carboxylic acids is 1. The van der Waals surface area contributed by atoms with Crippen molar-refractivity contribution in [3.63, 3.8) is 0 Å². The molecule has 3 rings (SSSR count). The van der Waals surface area contributed by atoms with Crippen LogP contribution in [0.5, 0.6) is 0 Å². The summed E-state index contributed by atoms with van der Waals surface area (Å²) in [6, 6.07) is 10.4. The number of hydrogen-bond donors (Lipinski definition) is 2. The third-order valence-corrected chi connectivity index (χ3v) is 5.21. The maximum atomic E-state index is 12.5. The summed E-state index contributed by atoms with van der Waals surface area (Å²) in [5.41, 5.74) is 1.81. The SMILES string of the molecule is Cc1cccc(NC(=O)N2CCN(C(=O)c3ccc(C(=O)O)s3)CC2)c1. The summed E-state index contributed by atoms with van der Waals surface area (Å²) >= 11 is 0.969. The van der Waals surface area contributed by atoms with E-state index in [1.807, 2.05) is 31.2 Å². The molecule has 136 valence electrons. The van der Waals surface area contributed by atoms with Gasteiger partial charge in [0, 0.05) is 31.9 Å². The quantitative estimate of drug-likeness (QED) is 0.866. The number of benzene rings is 1. The lowest BCUT2D eigenvalue weighted by atomic mass is 10.2. The number of carboxylic acids is 1. The van der Waals surface area contributed by atoms with Crippen LogP contribution < -0.4 is 5.32 Å². The van der Waals surface area contributed by atoms with Crippen molar-refractivity contribution in [2.75, 3.05) is 31.5 Å². The van der Waals surface area contributed by atoms with Gasteiger partial charge >= 0.3 is 12.0 Å². The normalized spacial score (nSPS) is 14.2. The summed E-state index contributed by atoms with van der Waals surface area (Å²) in [5.74, 6) is -1.23. The molecule has 7 nitrogen and oxygen atoms in total. The Bertz CT molecular complexity index is 840. The van der Waals surface area contributed by atoms with Gasteiger partial charge < -0.3 is 20.2 Å². The van der Waals surface area contributed by atoms with Gasteiger partial charge in [0.2, 0.25) is 0 Å². The average molecular weight is 373 g/mol. The van der Waals surface area contributed by atoms with E-state index in [0.717, 1.165) is 22.6 Å². The number of carbonyl (C=O) groups is 3. The van der Waals surface area contributed by atoms with Gasteiger partial charge in [-0.25, -0.2) is 9.59 Å². The number of aryl methyl sites for hydroxylation is 1. The minimum atomic E-state index is -1.04. The van der Waals surface area contributed by atoms with Crippen LogP contribution in [0.25, 0.3) is 0 Å². The fourth-order valence-electron chi connectivity index (χ4n) is 2.76. The smallest absolute Gasteiger partial charge is 0.345 e. The third-order valence-electron chi connectivity index (χ3n) is 4.15. The maximum absolute atomic E-state index is 12.5. The van der Waals surface area contributed by atoms with Crippen molar-refractivity contribution in [3.05, 3.63) is 51.7 Å². The summed E-state index contributed by atoms with van der Waals surface area (Å²) in [7, 11) is 0. The molecule has 8 heteroatoms. The number of anilines is 1. The molecule has 2 aromatic rings. The predicted octanol–water partition coefficient (Wildman–Crippen LogP) is 2.74. The second kappa shape index (κ2) is 7.57. The Morgan fingerprint density at radius 2 is 1.65 bits per heavy atom. The van der Waals surface area contributed by atoms with Crippen LogP contribution in [0.4, 0.5) is 10.5 Å². The van der Waals surface area contributed by atoms with E-state index in [4.69, 9.17) is 5.11 Å². The van der Waals surface area contributed by atoms with Crippen molar-refractivity contribution in [1.82, 2.24) is 9.80 Å². The van der Waals surface area contributed by atoms with Gasteiger partial charge in [0.1, 0.15) is 4.88 Å². The first-order valence-electron chi connectivity index (χ1n) is 8.19. The van der Waals surface area contributed by atoms with Crippen molar-refractivity contribution in [1.29, 1.82) is 0 Å². The van der Waals surface area contributed by atoms with E-state index in [1.54, 1.807) is 9.80 Å². The van der Waals surface area contributed by atoms with Crippen LogP contribution >= 0.6 is 11.3 Å². The summed E-state index contributed by atoms with van der Waals surface area (Å²) in [5, 5.41) is 11.8. The monoisotopic (exact) mass is 373 g/mol. The zero-order valence-corrected chi connectivity index (χ0v) is 15.1. The molecule has 0 bridgehead atoms. The molecule has 3 amide bonds. The van der Waals surface area contributed by atoms with Crippen molar-refractivity contribution >= 4 is 34.9 Å². The first kappa shape index (κ1) is 17.9. The molecule has 1 aromatic heterocycles. The Balaban J connectivity index is 1.55. The fourth-order valence-corrected chi connectivity index (χ4v) is 3.57. The molecule has 0 saturated carbocycles. The Hall–Kier alpha value is -2.87. The minimum absolute atomic E-state index is 0.143. The van der Waals surface area contributed by atoms with Gasteiger partial charge in [-0.15, -0.1) is 11.3 Å². The van der Waals surface area contributed by atoms with Crippen LogP contribution in [-0.2, 0) is 0 Å². The van der Waals surface area contributed by atoms with Gasteiger partial charge in [0.15, 0.2) is 0 Å². The summed E-state index contributed by atoms with van der Waals surface area (Å²) in [4.78, 5) is 39.6. The highest BCUT2D eigenvalue weighted by Gasteiger charge is 2.26. The second-order valence-corrected chi connectivity index (χ2v) is 7.13. The lowest BCUT2D eigenvalue weighted by Crippen LogP contribution is -2.51. The number of nitrogens with one attached hydrogen (secondary N) is 1. The van der Waals surface area contributed by atoms with E-state index in [-0.39, 0.29) is 16.8 Å². The van der Waals surface area contributed by atoms with Crippen LogP contribution in [0.3, 0.4) is 0 Å². The number of carbonyl (C=O) groups excluding carboxylic acids is 2. The topological polar surface area (TPSA) is 90.0 Å². The van der Waals surface area contributed by atoms with Gasteiger partial charge in [-0.1, -0.05) is 12.1 Å². The zero-order valence-electron chi connectivity index (χ0n) is 14.3. The highest BCUT2D eigenvalue weighted by atomic mass is 32.1. The predicted molar refractivity (Wildman–Crippen MR) is 99.0 cm³/mol. The molecule has 2 N–H and O–H groups in total. The standard InChI is InChI=1S/C18H19N3O4S/c1-12-3-2-4-13(11-12)19-18(25)21-9-7-20(8-10-21)16(22)14-5-6-15(26-14)17(23)24/h2-6,11H,7-10H2,1H3,(H,19,25)(H,23,24). The number of hydrogen-bond acceptors (Lipinski definition) is 4. The molecule has 1 aliphatic heterocycles. The van der Waals surface area contributed by atoms with Gasteiger partial charge in [0.25, 0.3) is 5.91 Å². The van der Waals surface area contributed by atoms with Crippen LogP contribution in [0.1, 0.15) is 24.9 Å². The van der Waals surface area contributed by atoms with Gasteiger partial charge in [-0.2, -0.15) is 0 Å². The number of carboxylic acid groups (broad SMARTS) is 1. The largest absolute Gasteiger partial charge is 0.477 e. The Morgan fingerprint density at radius 3 is 2.27 bits per heavy atom. The van der Waals surface area contributed by atoms with Crippen LogP contribution in [0.15, 0.2) is 36.4 Å². The molecular formula is C18H19N3O4S. The van der Waals surface area contributed by atoms with E-state index in [0.29, 0.717) is 31.1 Å². The second-order valence-electron chi connectivity index (χ2n) is 6.05. The molecule has 0 unspecified atom stereocenters. The zero-order chi connectivity index (χ0) is 18.7. The van der Waals surface area contributed by atoms with Crippen LogP contribution in [0.2, 0.25) is 0 Å². The van der Waals surface area contributed by atoms with E-state index in [1.165, 1.54) is 12.1 Å². The van der Waals surface area contributed by atoms with Gasteiger partial charge in [-0.3, -0.25) is 4.79 Å². The first-order chi connectivity index (χ1) is 12.4. The summed E-state index contributed by atoms with van der Waals surface area (Å²) in [6.07, 6.45) is 0. The Labute approximate surface area is 154 Å². The van der Waals surface area contributed by atoms with Crippen molar-refractivity contribution in [2.24, 2.45) is 0 Å². The molecule has 26 heavy (non-hydrogen) atoms. The lowest BCUT2D eigenvalue weighted by molar-refractivity contribution is 0.0675. The number of nitrogens with zero attached hydrogens (tertiary/aromatic N) is 2. The molecule has 0 spiro atoms. The molecule has 1 aliphatic rings. The maximum Gasteiger partial charge on any atom is 0.345 e. The highest BCUT2D eigenvalue weighted by Crippen LogP contribution is 2.19. The van der Waals surface area contributed by atoms with Crippen molar-refractivity contribution in [3.8, 4) is 0 Å². The molecule has 1 fully saturated rings. The highest BCUT2D eigenvalue weighted by molar-refractivity contribution is 7.15. The fraction of sp³-hybridized carbons (Fsp3) is 0.278. The molecule has 0 aliphatic carbocycles. The first-order valence-corrected chi connectivity index (χ1v) is 9.00. The number of thiophene rings is 1. The Morgan fingerprint density at radius 1 is 1.00 bits per heavy atom. The number of urea groups is 1. The van der Waals surface area contributed by atoms with Crippen LogP contribution in [-0.4, -0.2) is 59.0 Å². The third kappa shape index (κ3) is 4.02. The van der Waals surface area contributed by atoms with E-state index in [9.17, 15) is 14.4 Å². The molecule has 1 aromatic carbocycles. The van der Waals surface area contributed by atoms with Crippen molar-refractivity contribution < 1.29 is 19.5 Å². The van der Waals surface area contributed by atoms with Gasteiger partial charge in [-0.05, 0) is 36.8 Å². The number of rotatable bonds is 3.